The molecule has 0 N–H and O–H groups in total. The lowest BCUT2D eigenvalue weighted by molar-refractivity contribution is -0.135. The molecule has 6 nitrogen and oxygen atoms in total. The topological polar surface area (TPSA) is 88.2 Å². The van der Waals surface area contributed by atoms with Gasteiger partial charge in [0.05, 0.1) is 30.9 Å². The second kappa shape index (κ2) is 8.97. The molecule has 1 atom stereocenters. The predicted octanol–water partition coefficient (Wildman–Crippen LogP) is 1.29. The number of nitriles is 2. The van der Waals surface area contributed by atoms with Crippen LogP contribution in [0.5, 0.6) is 0 Å². The van der Waals surface area contributed by atoms with Crippen molar-refractivity contribution in [3.8, 4) is 12.1 Å². The van der Waals surface area contributed by atoms with Crippen LogP contribution in [0, 0.1) is 28.6 Å². The lowest BCUT2D eigenvalue weighted by Crippen LogP contribution is -2.38. The van der Waals surface area contributed by atoms with Crippen LogP contribution in [-0.2, 0) is 9.59 Å². The minimum absolute atomic E-state index is 0.0299. The summed E-state index contributed by atoms with van der Waals surface area (Å²) in [4.78, 5) is 27.6. The first-order valence-electron chi connectivity index (χ1n) is 7.44. The fourth-order valence-electron chi connectivity index (χ4n) is 2.46. The van der Waals surface area contributed by atoms with Crippen molar-refractivity contribution in [1.82, 2.24) is 9.80 Å². The van der Waals surface area contributed by atoms with Crippen LogP contribution in [0.4, 0.5) is 0 Å². The highest BCUT2D eigenvalue weighted by Gasteiger charge is 2.35. The average molecular weight is 290 g/mol. The van der Waals surface area contributed by atoms with Gasteiger partial charge in [-0.3, -0.25) is 9.59 Å². The van der Waals surface area contributed by atoms with E-state index in [4.69, 9.17) is 10.5 Å². The van der Waals surface area contributed by atoms with E-state index >= 15 is 0 Å². The van der Waals surface area contributed by atoms with Crippen LogP contribution in [0.15, 0.2) is 0 Å². The molecule has 0 unspecified atom stereocenters. The molecule has 1 aliphatic heterocycles. The normalized spacial score (nSPS) is 17.4. The van der Waals surface area contributed by atoms with E-state index in [2.05, 4.69) is 6.92 Å². The monoisotopic (exact) mass is 290 g/mol. The third-order valence-electron chi connectivity index (χ3n) is 3.64. The van der Waals surface area contributed by atoms with E-state index in [1.54, 1.807) is 9.80 Å². The molecule has 0 spiro atoms. The zero-order valence-electron chi connectivity index (χ0n) is 12.5. The Balaban J connectivity index is 2.60. The molecular weight excluding hydrogens is 268 g/mol. The van der Waals surface area contributed by atoms with E-state index < -0.39 is 0 Å². The fourth-order valence-corrected chi connectivity index (χ4v) is 2.46. The lowest BCUT2D eigenvalue weighted by Gasteiger charge is -2.24. The number of carbonyl (C=O) groups excluding carboxylic acids is 2. The molecular formula is C15H22N4O2. The first-order chi connectivity index (χ1) is 10.1. The van der Waals surface area contributed by atoms with Gasteiger partial charge in [-0.2, -0.15) is 10.5 Å². The molecule has 1 saturated heterocycles. The zero-order valence-corrected chi connectivity index (χ0v) is 12.5. The average Bonchev–Trinajstić information content (AvgIpc) is 2.86. The Kier molecular flexibility index (Phi) is 7.25. The Morgan fingerprint density at radius 3 is 2.48 bits per heavy atom. The molecule has 1 aliphatic rings. The number of carbonyl (C=O) groups is 2. The molecule has 0 aliphatic carbocycles. The molecule has 1 heterocycles. The van der Waals surface area contributed by atoms with Crippen molar-refractivity contribution in [2.45, 2.75) is 39.0 Å². The molecule has 0 saturated carbocycles. The molecule has 0 bridgehead atoms. The maximum absolute atomic E-state index is 12.5. The maximum Gasteiger partial charge on any atom is 0.228 e. The van der Waals surface area contributed by atoms with Crippen LogP contribution in [0.2, 0.25) is 0 Å². The largest absolute Gasteiger partial charge is 0.342 e. The summed E-state index contributed by atoms with van der Waals surface area (Å²) in [6, 6.07) is 4.02. The smallest absolute Gasteiger partial charge is 0.228 e. The van der Waals surface area contributed by atoms with Gasteiger partial charge in [-0.05, 0) is 6.42 Å². The Hall–Kier alpha value is -2.08. The third-order valence-corrected chi connectivity index (χ3v) is 3.64. The van der Waals surface area contributed by atoms with E-state index in [0.29, 0.717) is 26.2 Å². The Morgan fingerprint density at radius 2 is 1.95 bits per heavy atom. The van der Waals surface area contributed by atoms with Crippen molar-refractivity contribution in [3.63, 3.8) is 0 Å². The summed E-state index contributed by atoms with van der Waals surface area (Å²) >= 11 is 0. The summed E-state index contributed by atoms with van der Waals surface area (Å²) < 4.78 is 0. The molecule has 0 aromatic rings. The van der Waals surface area contributed by atoms with Crippen LogP contribution in [0.1, 0.15) is 39.0 Å². The summed E-state index contributed by atoms with van der Waals surface area (Å²) in [5.41, 5.74) is 0. The summed E-state index contributed by atoms with van der Waals surface area (Å²) in [5, 5.41) is 17.3. The van der Waals surface area contributed by atoms with Gasteiger partial charge in [0.1, 0.15) is 0 Å². The van der Waals surface area contributed by atoms with Gasteiger partial charge >= 0.3 is 0 Å². The van der Waals surface area contributed by atoms with Crippen molar-refractivity contribution in [2.75, 3.05) is 26.2 Å². The summed E-state index contributed by atoms with van der Waals surface area (Å²) in [6.45, 7) is 3.89. The van der Waals surface area contributed by atoms with Gasteiger partial charge < -0.3 is 9.80 Å². The Morgan fingerprint density at radius 1 is 1.33 bits per heavy atom. The Bertz CT molecular complexity index is 432. The number of rotatable bonds is 8. The second-order valence-corrected chi connectivity index (χ2v) is 5.24. The molecule has 6 heteroatoms. The van der Waals surface area contributed by atoms with E-state index in [-0.39, 0.29) is 37.0 Å². The molecule has 2 amide bonds. The highest BCUT2D eigenvalue weighted by Crippen LogP contribution is 2.21. The van der Waals surface area contributed by atoms with E-state index in [9.17, 15) is 9.59 Å². The zero-order chi connectivity index (χ0) is 15.7. The number of nitrogens with zero attached hydrogens (tertiary/aromatic N) is 4. The van der Waals surface area contributed by atoms with Gasteiger partial charge in [-0.15, -0.1) is 0 Å². The standard InChI is InChI=1S/C15H22N4O2/c1-2-3-8-19-12-13(11-14(19)20)15(21)18(9-4-6-16)10-5-7-17/h13H,2-5,8-12H2,1H3/t13-/m1/s1. The minimum atomic E-state index is -0.327. The van der Waals surface area contributed by atoms with Crippen LogP contribution in [0.3, 0.4) is 0 Å². The van der Waals surface area contributed by atoms with Gasteiger partial charge in [-0.25, -0.2) is 0 Å². The van der Waals surface area contributed by atoms with E-state index in [1.165, 1.54) is 0 Å². The first-order valence-corrected chi connectivity index (χ1v) is 7.44. The number of unbranched alkanes of at least 4 members (excludes halogenated alkanes) is 1. The predicted molar refractivity (Wildman–Crippen MR) is 76.6 cm³/mol. The van der Waals surface area contributed by atoms with Crippen molar-refractivity contribution in [3.05, 3.63) is 0 Å². The minimum Gasteiger partial charge on any atom is -0.342 e. The summed E-state index contributed by atoms with van der Waals surface area (Å²) in [5.74, 6) is -0.401. The van der Waals surface area contributed by atoms with E-state index in [1.807, 2.05) is 12.1 Å². The Labute approximate surface area is 125 Å². The van der Waals surface area contributed by atoms with Gasteiger partial charge in [0.25, 0.3) is 0 Å². The highest BCUT2D eigenvalue weighted by molar-refractivity contribution is 5.89. The molecule has 1 rings (SSSR count). The molecule has 0 aromatic heterocycles. The van der Waals surface area contributed by atoms with Gasteiger partial charge in [0.2, 0.25) is 11.8 Å². The molecule has 21 heavy (non-hydrogen) atoms. The number of hydrogen-bond acceptors (Lipinski definition) is 4. The molecule has 114 valence electrons. The first kappa shape index (κ1) is 17.0. The van der Waals surface area contributed by atoms with E-state index in [0.717, 1.165) is 12.8 Å². The van der Waals surface area contributed by atoms with Crippen LogP contribution >= 0.6 is 0 Å². The second-order valence-electron chi connectivity index (χ2n) is 5.24. The molecule has 1 fully saturated rings. The number of amides is 2. The van der Waals surface area contributed by atoms with Crippen LogP contribution < -0.4 is 0 Å². The maximum atomic E-state index is 12.5. The SMILES string of the molecule is CCCCN1C[C@H](C(=O)N(CCC#N)CCC#N)CC1=O. The van der Waals surface area contributed by atoms with Crippen molar-refractivity contribution >= 4 is 11.8 Å². The third kappa shape index (κ3) is 5.07. The van der Waals surface area contributed by atoms with Gasteiger partial charge in [0.15, 0.2) is 0 Å². The van der Waals surface area contributed by atoms with Gasteiger partial charge in [-0.1, -0.05) is 13.3 Å². The molecule has 0 radical (unpaired) electrons. The van der Waals surface area contributed by atoms with Crippen molar-refractivity contribution in [2.24, 2.45) is 5.92 Å². The highest BCUT2D eigenvalue weighted by atomic mass is 16.2. The summed E-state index contributed by atoms with van der Waals surface area (Å²) in [7, 11) is 0. The van der Waals surface area contributed by atoms with Crippen LogP contribution in [-0.4, -0.2) is 47.8 Å². The fraction of sp³-hybridized carbons (Fsp3) is 0.733. The van der Waals surface area contributed by atoms with Crippen LogP contribution in [0.25, 0.3) is 0 Å². The quantitative estimate of drug-likeness (QED) is 0.674. The van der Waals surface area contributed by atoms with Gasteiger partial charge in [0, 0.05) is 32.6 Å². The summed E-state index contributed by atoms with van der Waals surface area (Å²) in [6.07, 6.45) is 2.70. The molecule has 0 aromatic carbocycles. The number of hydrogen-bond donors (Lipinski definition) is 0. The van der Waals surface area contributed by atoms with Crippen molar-refractivity contribution < 1.29 is 9.59 Å². The number of likely N-dealkylation sites (tertiary alicyclic amines) is 1. The van der Waals surface area contributed by atoms with Crippen molar-refractivity contribution in [1.29, 1.82) is 10.5 Å². The lowest BCUT2D eigenvalue weighted by atomic mass is 10.1.